The molecular formula is C14H29N3O. The fraction of sp³-hybridized carbons (Fsp3) is 0.929. The van der Waals surface area contributed by atoms with Crippen molar-refractivity contribution in [2.75, 3.05) is 40.3 Å². The van der Waals surface area contributed by atoms with Crippen molar-refractivity contribution >= 4 is 5.91 Å². The Morgan fingerprint density at radius 3 is 2.50 bits per heavy atom. The Morgan fingerprint density at radius 1 is 1.28 bits per heavy atom. The number of nitrogens with one attached hydrogen (secondary N) is 1. The zero-order chi connectivity index (χ0) is 13.5. The highest BCUT2D eigenvalue weighted by Gasteiger charge is 2.25. The third-order valence-corrected chi connectivity index (χ3v) is 3.32. The van der Waals surface area contributed by atoms with Crippen molar-refractivity contribution in [2.45, 2.75) is 39.2 Å². The van der Waals surface area contributed by atoms with Crippen LogP contribution >= 0.6 is 0 Å². The van der Waals surface area contributed by atoms with Crippen molar-refractivity contribution in [1.29, 1.82) is 0 Å². The molecule has 0 spiro atoms. The first kappa shape index (κ1) is 15.4. The van der Waals surface area contributed by atoms with Gasteiger partial charge in [0.2, 0.25) is 5.91 Å². The molecule has 1 amide bonds. The Hall–Kier alpha value is -0.610. The Kier molecular flexibility index (Phi) is 6.65. The van der Waals surface area contributed by atoms with Gasteiger partial charge >= 0.3 is 0 Å². The van der Waals surface area contributed by atoms with E-state index in [2.05, 4.69) is 38.2 Å². The highest BCUT2D eigenvalue weighted by Crippen LogP contribution is 2.11. The van der Waals surface area contributed by atoms with Crippen molar-refractivity contribution in [3.63, 3.8) is 0 Å². The maximum Gasteiger partial charge on any atom is 0.239 e. The van der Waals surface area contributed by atoms with Gasteiger partial charge in [0, 0.05) is 19.6 Å². The van der Waals surface area contributed by atoms with E-state index < -0.39 is 0 Å². The minimum absolute atomic E-state index is 0.0552. The van der Waals surface area contributed by atoms with Crippen LogP contribution in [0, 0.1) is 5.92 Å². The monoisotopic (exact) mass is 255 g/mol. The van der Waals surface area contributed by atoms with Crippen molar-refractivity contribution in [2.24, 2.45) is 5.92 Å². The van der Waals surface area contributed by atoms with E-state index >= 15 is 0 Å². The summed E-state index contributed by atoms with van der Waals surface area (Å²) in [6.07, 6.45) is 3.37. The fourth-order valence-electron chi connectivity index (χ4n) is 2.34. The van der Waals surface area contributed by atoms with Crippen LogP contribution in [0.1, 0.15) is 33.1 Å². The molecule has 1 saturated heterocycles. The number of rotatable bonds is 6. The molecule has 1 atom stereocenters. The Balaban J connectivity index is 2.53. The summed E-state index contributed by atoms with van der Waals surface area (Å²) >= 11 is 0. The number of piperidine rings is 1. The van der Waals surface area contributed by atoms with E-state index in [1.165, 1.54) is 12.8 Å². The molecule has 0 aromatic heterocycles. The summed E-state index contributed by atoms with van der Waals surface area (Å²) in [5.74, 6) is 0.824. The van der Waals surface area contributed by atoms with Gasteiger partial charge in [-0.25, -0.2) is 0 Å². The molecule has 4 nitrogen and oxygen atoms in total. The number of carbonyl (C=O) groups is 1. The summed E-state index contributed by atoms with van der Waals surface area (Å²) in [6, 6.07) is 0.0552. The van der Waals surface area contributed by atoms with Gasteiger partial charge < -0.3 is 15.1 Å². The maximum absolute atomic E-state index is 12.5. The molecule has 0 aromatic rings. The second kappa shape index (κ2) is 7.74. The topological polar surface area (TPSA) is 35.6 Å². The van der Waals surface area contributed by atoms with Crippen LogP contribution in [0.4, 0.5) is 0 Å². The van der Waals surface area contributed by atoms with E-state index in [1.54, 1.807) is 0 Å². The summed E-state index contributed by atoms with van der Waals surface area (Å²) in [7, 11) is 4.10. The molecule has 106 valence electrons. The Morgan fingerprint density at radius 2 is 2.00 bits per heavy atom. The van der Waals surface area contributed by atoms with Crippen LogP contribution in [0.15, 0.2) is 0 Å². The van der Waals surface area contributed by atoms with Crippen LogP contribution in [0.5, 0.6) is 0 Å². The molecule has 0 bridgehead atoms. The number of hydrogen-bond acceptors (Lipinski definition) is 3. The third kappa shape index (κ3) is 5.36. The summed E-state index contributed by atoms with van der Waals surface area (Å²) < 4.78 is 0. The molecule has 0 saturated carbocycles. The van der Waals surface area contributed by atoms with Gasteiger partial charge in [-0.3, -0.25) is 4.79 Å². The smallest absolute Gasteiger partial charge is 0.239 e. The van der Waals surface area contributed by atoms with E-state index in [0.717, 1.165) is 32.6 Å². The largest absolute Gasteiger partial charge is 0.340 e. The molecule has 1 N–H and O–H groups in total. The van der Waals surface area contributed by atoms with Gasteiger partial charge in [-0.05, 0) is 39.4 Å². The zero-order valence-electron chi connectivity index (χ0n) is 12.4. The van der Waals surface area contributed by atoms with Crippen LogP contribution in [0.2, 0.25) is 0 Å². The lowest BCUT2D eigenvalue weighted by Crippen LogP contribution is -2.50. The fourth-order valence-corrected chi connectivity index (χ4v) is 2.34. The SMILES string of the molecule is CC(C)CN(CCN(C)C)C(=O)[C@@H]1CCCCN1. The maximum atomic E-state index is 12.5. The molecule has 0 aromatic carbocycles. The van der Waals surface area contributed by atoms with E-state index in [-0.39, 0.29) is 6.04 Å². The molecule has 1 aliphatic rings. The lowest BCUT2D eigenvalue weighted by Gasteiger charge is -2.32. The molecule has 0 radical (unpaired) electrons. The van der Waals surface area contributed by atoms with Gasteiger partial charge in [-0.15, -0.1) is 0 Å². The molecular weight excluding hydrogens is 226 g/mol. The van der Waals surface area contributed by atoms with Gasteiger partial charge in [-0.2, -0.15) is 0 Å². The average Bonchev–Trinajstić information content (AvgIpc) is 2.34. The second-order valence-corrected chi connectivity index (χ2v) is 5.98. The van der Waals surface area contributed by atoms with Crippen LogP contribution < -0.4 is 5.32 Å². The first-order valence-electron chi connectivity index (χ1n) is 7.17. The molecule has 1 heterocycles. The van der Waals surface area contributed by atoms with Crippen LogP contribution in [-0.2, 0) is 4.79 Å². The molecule has 18 heavy (non-hydrogen) atoms. The minimum Gasteiger partial charge on any atom is -0.340 e. The number of carbonyl (C=O) groups excluding carboxylic acids is 1. The summed E-state index contributed by atoms with van der Waals surface area (Å²) in [6.45, 7) is 7.96. The first-order chi connectivity index (χ1) is 8.50. The Labute approximate surface area is 112 Å². The number of likely N-dealkylation sites (N-methyl/N-ethyl adjacent to an activating group) is 1. The van der Waals surface area contributed by atoms with Crippen LogP contribution in [-0.4, -0.2) is 62.0 Å². The second-order valence-electron chi connectivity index (χ2n) is 5.98. The van der Waals surface area contributed by atoms with Gasteiger partial charge in [0.25, 0.3) is 0 Å². The van der Waals surface area contributed by atoms with Crippen molar-refractivity contribution in [1.82, 2.24) is 15.1 Å². The molecule has 1 aliphatic heterocycles. The summed E-state index contributed by atoms with van der Waals surface area (Å²) in [4.78, 5) is 16.7. The van der Waals surface area contributed by atoms with Crippen molar-refractivity contribution in [3.8, 4) is 0 Å². The van der Waals surface area contributed by atoms with E-state index in [9.17, 15) is 4.79 Å². The highest BCUT2D eigenvalue weighted by molar-refractivity contribution is 5.82. The molecule has 1 rings (SSSR count). The standard InChI is InChI=1S/C14H29N3O/c1-12(2)11-17(10-9-16(3)4)14(18)13-7-5-6-8-15-13/h12-13,15H,5-11H2,1-4H3/t13-/m0/s1. The normalized spacial score (nSPS) is 20.4. The van der Waals surface area contributed by atoms with E-state index in [4.69, 9.17) is 0 Å². The van der Waals surface area contributed by atoms with Gasteiger partial charge in [0.05, 0.1) is 6.04 Å². The Bertz CT molecular complexity index is 247. The third-order valence-electron chi connectivity index (χ3n) is 3.32. The van der Waals surface area contributed by atoms with Crippen molar-refractivity contribution < 1.29 is 4.79 Å². The molecule has 0 unspecified atom stereocenters. The number of nitrogens with zero attached hydrogens (tertiary/aromatic N) is 2. The van der Waals surface area contributed by atoms with E-state index in [0.29, 0.717) is 11.8 Å². The predicted molar refractivity (Wildman–Crippen MR) is 75.6 cm³/mol. The molecule has 1 fully saturated rings. The quantitative estimate of drug-likeness (QED) is 0.774. The first-order valence-corrected chi connectivity index (χ1v) is 7.17. The van der Waals surface area contributed by atoms with Crippen molar-refractivity contribution in [3.05, 3.63) is 0 Å². The molecule has 4 heteroatoms. The highest BCUT2D eigenvalue weighted by atomic mass is 16.2. The lowest BCUT2D eigenvalue weighted by atomic mass is 10.0. The number of hydrogen-bond donors (Lipinski definition) is 1. The van der Waals surface area contributed by atoms with E-state index in [1.807, 2.05) is 4.90 Å². The lowest BCUT2D eigenvalue weighted by molar-refractivity contribution is -0.134. The summed E-state index contributed by atoms with van der Waals surface area (Å²) in [5, 5.41) is 3.36. The summed E-state index contributed by atoms with van der Waals surface area (Å²) in [5.41, 5.74) is 0. The van der Waals surface area contributed by atoms with Gasteiger partial charge in [0.15, 0.2) is 0 Å². The average molecular weight is 255 g/mol. The minimum atomic E-state index is 0.0552. The van der Waals surface area contributed by atoms with Crippen LogP contribution in [0.3, 0.4) is 0 Å². The van der Waals surface area contributed by atoms with Gasteiger partial charge in [-0.1, -0.05) is 20.3 Å². The van der Waals surface area contributed by atoms with Crippen LogP contribution in [0.25, 0.3) is 0 Å². The predicted octanol–water partition coefficient (Wildman–Crippen LogP) is 1.17. The van der Waals surface area contributed by atoms with Gasteiger partial charge in [0.1, 0.15) is 0 Å². The molecule has 0 aliphatic carbocycles. The number of amides is 1. The zero-order valence-corrected chi connectivity index (χ0v) is 12.4.